The summed E-state index contributed by atoms with van der Waals surface area (Å²) in [4.78, 5) is 21.7. The summed E-state index contributed by atoms with van der Waals surface area (Å²) in [6.45, 7) is 0. The summed E-state index contributed by atoms with van der Waals surface area (Å²) in [5.41, 5.74) is -0.465. The summed E-state index contributed by atoms with van der Waals surface area (Å²) >= 11 is 3.12. The molecule has 0 heterocycles. The van der Waals surface area contributed by atoms with Gasteiger partial charge >= 0.3 is 11.7 Å². The fourth-order valence-corrected chi connectivity index (χ4v) is 1.82. The summed E-state index contributed by atoms with van der Waals surface area (Å²) in [5, 5.41) is 20.0. The molecule has 0 atom stereocenters. The minimum Gasteiger partial charge on any atom is -0.465 e. The predicted octanol–water partition coefficient (Wildman–Crippen LogP) is 2.15. The van der Waals surface area contributed by atoms with Gasteiger partial charge in [0.05, 0.1) is 12.0 Å². The molecule has 0 bridgehead atoms. The fraction of sp³-hybridized carbons (Fsp3) is 0.200. The molecule has 1 aromatic carbocycles. The molecule has 0 fully saturated rings. The van der Waals surface area contributed by atoms with Crippen molar-refractivity contribution >= 4 is 27.6 Å². The van der Waals surface area contributed by atoms with Crippen LogP contribution in [-0.4, -0.2) is 18.0 Å². The number of carbonyl (C=O) groups is 1. The van der Waals surface area contributed by atoms with Crippen molar-refractivity contribution in [1.82, 2.24) is 0 Å². The molecule has 7 heteroatoms. The van der Waals surface area contributed by atoms with Crippen LogP contribution in [0.25, 0.3) is 0 Å². The normalized spacial score (nSPS) is 9.47. The Hall–Kier alpha value is -1.94. The summed E-state index contributed by atoms with van der Waals surface area (Å²) in [5.74, 6) is -0.830. The number of hydrogen-bond acceptors (Lipinski definition) is 5. The lowest BCUT2D eigenvalue weighted by Gasteiger charge is -2.06. The fourth-order valence-electron chi connectivity index (χ4n) is 1.35. The van der Waals surface area contributed by atoms with Gasteiger partial charge in [-0.2, -0.15) is 5.26 Å². The molecule has 0 unspecified atom stereocenters. The Morgan fingerprint density at radius 3 is 2.71 bits per heavy atom. The molecule has 6 nitrogen and oxygen atoms in total. The third-order valence-electron chi connectivity index (χ3n) is 2.10. The van der Waals surface area contributed by atoms with E-state index in [1.54, 1.807) is 6.07 Å². The van der Waals surface area contributed by atoms with Crippen molar-refractivity contribution in [2.45, 2.75) is 5.33 Å². The van der Waals surface area contributed by atoms with Crippen LogP contribution in [0.15, 0.2) is 12.1 Å². The standard InChI is InChI=1S/C10H7BrN2O4/c1-17-10(14)8-6(4-11)2-3-7(5-12)9(8)13(15)16/h2-3H,4H2,1H3. The largest absolute Gasteiger partial charge is 0.465 e. The second kappa shape index (κ2) is 5.41. The zero-order valence-electron chi connectivity index (χ0n) is 8.77. The van der Waals surface area contributed by atoms with E-state index < -0.39 is 16.6 Å². The highest BCUT2D eigenvalue weighted by Crippen LogP contribution is 2.28. The van der Waals surface area contributed by atoms with E-state index in [4.69, 9.17) is 5.26 Å². The number of hydrogen-bond donors (Lipinski definition) is 0. The van der Waals surface area contributed by atoms with Crippen molar-refractivity contribution in [3.05, 3.63) is 38.9 Å². The van der Waals surface area contributed by atoms with Crippen molar-refractivity contribution in [3.63, 3.8) is 0 Å². The second-order valence-electron chi connectivity index (χ2n) is 2.99. The maximum Gasteiger partial charge on any atom is 0.345 e. The molecule has 0 N–H and O–H groups in total. The van der Waals surface area contributed by atoms with Gasteiger partial charge < -0.3 is 4.74 Å². The summed E-state index contributed by atoms with van der Waals surface area (Å²) in [6.07, 6.45) is 0. The number of nitro groups is 1. The van der Waals surface area contributed by atoms with E-state index in [0.717, 1.165) is 7.11 Å². The number of nitriles is 1. The molecule has 1 aromatic rings. The van der Waals surface area contributed by atoms with Crippen LogP contribution in [0.5, 0.6) is 0 Å². The van der Waals surface area contributed by atoms with E-state index >= 15 is 0 Å². The Kier molecular flexibility index (Phi) is 4.17. The average Bonchev–Trinajstić information content (AvgIpc) is 2.35. The molecule has 0 spiro atoms. The van der Waals surface area contributed by atoms with E-state index in [1.807, 2.05) is 0 Å². The summed E-state index contributed by atoms with van der Waals surface area (Å²) in [6, 6.07) is 4.47. The molecular formula is C10H7BrN2O4. The monoisotopic (exact) mass is 298 g/mol. The predicted molar refractivity (Wildman–Crippen MR) is 61.8 cm³/mol. The zero-order valence-corrected chi connectivity index (χ0v) is 10.4. The lowest BCUT2D eigenvalue weighted by Crippen LogP contribution is -2.10. The van der Waals surface area contributed by atoms with Crippen LogP contribution in [0.4, 0.5) is 5.69 Å². The van der Waals surface area contributed by atoms with Gasteiger partial charge in [-0.3, -0.25) is 10.1 Å². The molecule has 0 saturated heterocycles. The van der Waals surface area contributed by atoms with Crippen molar-refractivity contribution in [2.24, 2.45) is 0 Å². The first-order valence-corrected chi connectivity index (χ1v) is 5.53. The van der Waals surface area contributed by atoms with E-state index in [-0.39, 0.29) is 16.5 Å². The van der Waals surface area contributed by atoms with Crippen LogP contribution < -0.4 is 0 Å². The quantitative estimate of drug-likeness (QED) is 0.369. The number of benzene rings is 1. The Morgan fingerprint density at radius 2 is 2.29 bits per heavy atom. The third kappa shape index (κ3) is 2.42. The number of alkyl halides is 1. The van der Waals surface area contributed by atoms with Crippen LogP contribution in [0.3, 0.4) is 0 Å². The van der Waals surface area contributed by atoms with Gasteiger partial charge in [-0.15, -0.1) is 0 Å². The third-order valence-corrected chi connectivity index (χ3v) is 2.70. The smallest absolute Gasteiger partial charge is 0.345 e. The number of halogens is 1. The average molecular weight is 299 g/mol. The number of methoxy groups -OCH3 is 1. The first-order valence-electron chi connectivity index (χ1n) is 4.41. The number of esters is 1. The molecule has 0 aliphatic heterocycles. The van der Waals surface area contributed by atoms with Crippen LogP contribution >= 0.6 is 15.9 Å². The number of carbonyl (C=O) groups excluding carboxylic acids is 1. The van der Waals surface area contributed by atoms with E-state index in [0.29, 0.717) is 5.56 Å². The maximum absolute atomic E-state index is 11.5. The second-order valence-corrected chi connectivity index (χ2v) is 3.55. The molecule has 0 aliphatic carbocycles. The minimum absolute atomic E-state index is 0.167. The topological polar surface area (TPSA) is 93.2 Å². The first kappa shape index (κ1) is 13.1. The molecule has 17 heavy (non-hydrogen) atoms. The van der Waals surface area contributed by atoms with Gasteiger partial charge in [0.1, 0.15) is 17.2 Å². The summed E-state index contributed by atoms with van der Waals surface area (Å²) < 4.78 is 4.50. The van der Waals surface area contributed by atoms with Crippen molar-refractivity contribution in [2.75, 3.05) is 7.11 Å². The van der Waals surface area contributed by atoms with Gasteiger partial charge in [-0.05, 0) is 11.6 Å². The van der Waals surface area contributed by atoms with Crippen LogP contribution in [0, 0.1) is 21.4 Å². The molecule has 88 valence electrons. The van der Waals surface area contributed by atoms with Gasteiger partial charge in [0.15, 0.2) is 0 Å². The van der Waals surface area contributed by atoms with Crippen molar-refractivity contribution in [1.29, 1.82) is 5.26 Å². The SMILES string of the molecule is COC(=O)c1c(CBr)ccc(C#N)c1[N+](=O)[O-]. The summed E-state index contributed by atoms with van der Waals surface area (Å²) in [7, 11) is 1.13. The first-order chi connectivity index (χ1) is 8.06. The van der Waals surface area contributed by atoms with Gasteiger partial charge in [-0.1, -0.05) is 22.0 Å². The molecule has 0 saturated carbocycles. The lowest BCUT2D eigenvalue weighted by atomic mass is 10.0. The number of nitro benzene ring substituents is 1. The molecule has 0 aromatic heterocycles. The maximum atomic E-state index is 11.5. The van der Waals surface area contributed by atoms with E-state index in [1.165, 1.54) is 12.1 Å². The van der Waals surface area contributed by atoms with Crippen LogP contribution in [-0.2, 0) is 10.1 Å². The molecule has 0 amide bonds. The molecular weight excluding hydrogens is 292 g/mol. The Bertz CT molecular complexity index is 522. The van der Waals surface area contributed by atoms with Gasteiger partial charge in [0, 0.05) is 5.33 Å². The number of ether oxygens (including phenoxy) is 1. The zero-order chi connectivity index (χ0) is 13.0. The molecule has 0 aliphatic rings. The Balaban J connectivity index is 3.65. The highest BCUT2D eigenvalue weighted by Gasteiger charge is 2.28. The Morgan fingerprint density at radius 1 is 1.65 bits per heavy atom. The van der Waals surface area contributed by atoms with Crippen LogP contribution in [0.1, 0.15) is 21.5 Å². The highest BCUT2D eigenvalue weighted by molar-refractivity contribution is 9.08. The van der Waals surface area contributed by atoms with E-state index in [9.17, 15) is 14.9 Å². The molecule has 0 radical (unpaired) electrons. The van der Waals surface area contributed by atoms with Gasteiger partial charge in [0.2, 0.25) is 0 Å². The Labute approximate surface area is 105 Å². The van der Waals surface area contributed by atoms with E-state index in [2.05, 4.69) is 20.7 Å². The van der Waals surface area contributed by atoms with Crippen LogP contribution in [0.2, 0.25) is 0 Å². The van der Waals surface area contributed by atoms with Gasteiger partial charge in [0.25, 0.3) is 0 Å². The molecule has 1 rings (SSSR count). The lowest BCUT2D eigenvalue weighted by molar-refractivity contribution is -0.385. The number of rotatable bonds is 3. The van der Waals surface area contributed by atoms with Gasteiger partial charge in [-0.25, -0.2) is 4.79 Å². The number of nitrogens with zero attached hydrogens (tertiary/aromatic N) is 2. The minimum atomic E-state index is -0.830. The van der Waals surface area contributed by atoms with Crippen molar-refractivity contribution in [3.8, 4) is 6.07 Å². The highest BCUT2D eigenvalue weighted by atomic mass is 79.9. The van der Waals surface area contributed by atoms with Crippen molar-refractivity contribution < 1.29 is 14.5 Å².